The molecule has 0 amide bonds. The van der Waals surface area contributed by atoms with Gasteiger partial charge in [-0.15, -0.1) is 11.6 Å². The highest BCUT2D eigenvalue weighted by atomic mass is 35.5. The van der Waals surface area contributed by atoms with Gasteiger partial charge in [-0.2, -0.15) is 0 Å². The monoisotopic (exact) mass is 247 g/mol. The predicted octanol–water partition coefficient (Wildman–Crippen LogP) is 3.92. The van der Waals surface area contributed by atoms with Crippen molar-refractivity contribution in [3.05, 3.63) is 75.8 Å². The van der Waals surface area contributed by atoms with Gasteiger partial charge in [0.05, 0.1) is 10.3 Å². The largest absolute Gasteiger partial charge is 0.269 e. The van der Waals surface area contributed by atoms with Gasteiger partial charge in [-0.25, -0.2) is 0 Å². The van der Waals surface area contributed by atoms with Crippen LogP contribution in [0.5, 0.6) is 0 Å². The number of hydrogen-bond acceptors (Lipinski definition) is 2. The molecule has 0 bridgehead atoms. The van der Waals surface area contributed by atoms with Crippen molar-refractivity contribution in [3.63, 3.8) is 0 Å². The number of rotatable bonds is 3. The van der Waals surface area contributed by atoms with Gasteiger partial charge in [0.15, 0.2) is 0 Å². The second kappa shape index (κ2) is 4.97. The van der Waals surface area contributed by atoms with Crippen molar-refractivity contribution >= 4 is 17.3 Å². The Morgan fingerprint density at radius 1 is 1.00 bits per heavy atom. The smallest absolute Gasteiger partial charge is 0.258 e. The van der Waals surface area contributed by atoms with E-state index in [-0.39, 0.29) is 11.1 Å². The van der Waals surface area contributed by atoms with E-state index in [4.69, 9.17) is 11.6 Å². The SMILES string of the molecule is O=[N+]([O-])c1cccc(C(Cl)c2ccccc2)c1. The molecule has 0 saturated heterocycles. The standard InChI is InChI=1S/C13H10ClNO2/c14-13(10-5-2-1-3-6-10)11-7-4-8-12(9-11)15(16)17/h1-9,13H. The average molecular weight is 248 g/mol. The molecule has 2 aromatic rings. The van der Waals surface area contributed by atoms with Crippen LogP contribution in [-0.4, -0.2) is 4.92 Å². The van der Waals surface area contributed by atoms with Gasteiger partial charge in [0.1, 0.15) is 0 Å². The zero-order valence-electron chi connectivity index (χ0n) is 8.92. The maximum Gasteiger partial charge on any atom is 0.269 e. The van der Waals surface area contributed by atoms with Crippen LogP contribution in [0.1, 0.15) is 16.5 Å². The van der Waals surface area contributed by atoms with E-state index >= 15 is 0 Å². The summed E-state index contributed by atoms with van der Waals surface area (Å²) in [6, 6.07) is 15.9. The number of benzene rings is 2. The molecule has 17 heavy (non-hydrogen) atoms. The van der Waals surface area contributed by atoms with E-state index in [9.17, 15) is 10.1 Å². The lowest BCUT2D eigenvalue weighted by atomic mass is 10.0. The first-order valence-corrected chi connectivity index (χ1v) is 5.55. The van der Waals surface area contributed by atoms with E-state index in [0.29, 0.717) is 0 Å². The summed E-state index contributed by atoms with van der Waals surface area (Å²) in [6.45, 7) is 0. The van der Waals surface area contributed by atoms with Crippen LogP contribution in [0.4, 0.5) is 5.69 Å². The van der Waals surface area contributed by atoms with Gasteiger partial charge in [-0.3, -0.25) is 10.1 Å². The van der Waals surface area contributed by atoms with Gasteiger partial charge in [0, 0.05) is 12.1 Å². The van der Waals surface area contributed by atoms with E-state index in [1.807, 2.05) is 30.3 Å². The molecule has 0 saturated carbocycles. The molecule has 2 aromatic carbocycles. The van der Waals surface area contributed by atoms with Crippen molar-refractivity contribution < 1.29 is 4.92 Å². The Morgan fingerprint density at radius 3 is 2.29 bits per heavy atom. The molecule has 0 N–H and O–H groups in total. The normalized spacial score (nSPS) is 12.1. The Balaban J connectivity index is 2.34. The molecule has 4 heteroatoms. The van der Waals surface area contributed by atoms with Crippen LogP contribution in [-0.2, 0) is 0 Å². The van der Waals surface area contributed by atoms with Crippen LogP contribution in [0.2, 0.25) is 0 Å². The number of nitrogens with zero attached hydrogens (tertiary/aromatic N) is 1. The summed E-state index contributed by atoms with van der Waals surface area (Å²) in [7, 11) is 0. The second-order valence-corrected chi connectivity index (χ2v) is 4.06. The summed E-state index contributed by atoms with van der Waals surface area (Å²) in [5.74, 6) is 0. The molecule has 2 rings (SSSR count). The van der Waals surface area contributed by atoms with Gasteiger partial charge in [-0.1, -0.05) is 42.5 Å². The predicted molar refractivity (Wildman–Crippen MR) is 67.2 cm³/mol. The van der Waals surface area contributed by atoms with E-state index in [0.717, 1.165) is 11.1 Å². The molecule has 0 aliphatic carbocycles. The zero-order valence-corrected chi connectivity index (χ0v) is 9.67. The van der Waals surface area contributed by atoms with Crippen LogP contribution in [0.25, 0.3) is 0 Å². The Labute approximate surface area is 104 Å². The van der Waals surface area contributed by atoms with Gasteiger partial charge < -0.3 is 0 Å². The minimum absolute atomic E-state index is 0.0593. The van der Waals surface area contributed by atoms with Gasteiger partial charge in [0.25, 0.3) is 5.69 Å². The van der Waals surface area contributed by atoms with Crippen molar-refractivity contribution in [1.82, 2.24) is 0 Å². The Hall–Kier alpha value is -1.87. The molecule has 0 spiro atoms. The highest BCUT2D eigenvalue weighted by Gasteiger charge is 2.13. The summed E-state index contributed by atoms with van der Waals surface area (Å²) in [6.07, 6.45) is 0. The van der Waals surface area contributed by atoms with Crippen LogP contribution in [0.3, 0.4) is 0 Å². The average Bonchev–Trinajstić information content (AvgIpc) is 2.39. The van der Waals surface area contributed by atoms with E-state index in [1.165, 1.54) is 12.1 Å². The lowest BCUT2D eigenvalue weighted by molar-refractivity contribution is -0.384. The van der Waals surface area contributed by atoms with Crippen molar-refractivity contribution in [2.75, 3.05) is 0 Å². The summed E-state index contributed by atoms with van der Waals surface area (Å²) in [5, 5.41) is 10.3. The first-order valence-electron chi connectivity index (χ1n) is 5.12. The first-order chi connectivity index (χ1) is 8.18. The maximum absolute atomic E-state index is 10.7. The van der Waals surface area contributed by atoms with Crippen molar-refractivity contribution in [1.29, 1.82) is 0 Å². The highest BCUT2D eigenvalue weighted by Crippen LogP contribution is 2.30. The molecule has 86 valence electrons. The Morgan fingerprint density at radius 2 is 1.65 bits per heavy atom. The summed E-state index contributed by atoms with van der Waals surface area (Å²) < 4.78 is 0. The Bertz CT molecular complexity index is 528. The highest BCUT2D eigenvalue weighted by molar-refractivity contribution is 6.22. The number of halogens is 1. The molecule has 3 nitrogen and oxygen atoms in total. The molecule has 1 atom stereocenters. The number of nitro benzene ring substituents is 1. The molecule has 0 fully saturated rings. The molecule has 1 unspecified atom stereocenters. The molecular weight excluding hydrogens is 238 g/mol. The van der Waals surface area contributed by atoms with Crippen molar-refractivity contribution in [3.8, 4) is 0 Å². The number of hydrogen-bond donors (Lipinski definition) is 0. The molecule has 0 aliphatic heterocycles. The second-order valence-electron chi connectivity index (χ2n) is 3.63. The van der Waals surface area contributed by atoms with Gasteiger partial charge >= 0.3 is 0 Å². The summed E-state index contributed by atoms with van der Waals surface area (Å²) in [5.41, 5.74) is 1.71. The van der Waals surface area contributed by atoms with E-state index in [2.05, 4.69) is 0 Å². The number of non-ortho nitro benzene ring substituents is 1. The molecule has 0 aliphatic rings. The zero-order chi connectivity index (χ0) is 12.3. The van der Waals surface area contributed by atoms with E-state index in [1.54, 1.807) is 12.1 Å². The Kier molecular flexibility index (Phi) is 3.40. The number of nitro groups is 1. The third-order valence-electron chi connectivity index (χ3n) is 2.47. The first kappa shape index (κ1) is 11.6. The van der Waals surface area contributed by atoms with Crippen molar-refractivity contribution in [2.45, 2.75) is 5.38 Å². The summed E-state index contributed by atoms with van der Waals surface area (Å²) in [4.78, 5) is 10.3. The lowest BCUT2D eigenvalue weighted by Crippen LogP contribution is -1.95. The minimum atomic E-state index is -0.419. The number of alkyl halides is 1. The lowest BCUT2D eigenvalue weighted by Gasteiger charge is -2.09. The fourth-order valence-electron chi connectivity index (χ4n) is 1.61. The minimum Gasteiger partial charge on any atom is -0.258 e. The van der Waals surface area contributed by atoms with Crippen LogP contribution in [0.15, 0.2) is 54.6 Å². The maximum atomic E-state index is 10.7. The third kappa shape index (κ3) is 2.63. The van der Waals surface area contributed by atoms with E-state index < -0.39 is 4.92 Å². The van der Waals surface area contributed by atoms with Crippen molar-refractivity contribution in [2.24, 2.45) is 0 Å². The van der Waals surface area contributed by atoms with Gasteiger partial charge in [-0.05, 0) is 11.1 Å². The van der Waals surface area contributed by atoms with Crippen LogP contribution in [0, 0.1) is 10.1 Å². The summed E-state index contributed by atoms with van der Waals surface area (Å²) >= 11 is 6.29. The fraction of sp³-hybridized carbons (Fsp3) is 0.0769. The molecule has 0 aromatic heterocycles. The van der Waals surface area contributed by atoms with Crippen LogP contribution >= 0.6 is 11.6 Å². The molecule has 0 radical (unpaired) electrons. The molecule has 0 heterocycles. The van der Waals surface area contributed by atoms with Crippen LogP contribution < -0.4 is 0 Å². The van der Waals surface area contributed by atoms with Gasteiger partial charge in [0.2, 0.25) is 0 Å². The fourth-order valence-corrected chi connectivity index (χ4v) is 1.89. The molecular formula is C13H10ClNO2. The topological polar surface area (TPSA) is 43.1 Å². The third-order valence-corrected chi connectivity index (χ3v) is 2.97. The quantitative estimate of drug-likeness (QED) is 0.469.